The molecule has 0 heterocycles. The summed E-state index contributed by atoms with van der Waals surface area (Å²) in [6, 6.07) is 11.9. The van der Waals surface area contributed by atoms with E-state index in [1.165, 1.54) is 80.0 Å². The Kier molecular flexibility index (Phi) is 5.20. The molecular weight excluding hydrogens is 312 g/mol. The fourth-order valence-corrected chi connectivity index (χ4v) is 5.43. The van der Waals surface area contributed by atoms with Crippen LogP contribution in [0.2, 0.25) is 0 Å². The van der Waals surface area contributed by atoms with Crippen molar-refractivity contribution in [1.82, 2.24) is 0 Å². The Morgan fingerprint density at radius 2 is 1.65 bits per heavy atom. The number of benzene rings is 2. The third kappa shape index (κ3) is 3.24. The highest BCUT2D eigenvalue weighted by Gasteiger charge is 2.36. The van der Waals surface area contributed by atoms with Gasteiger partial charge in [0.1, 0.15) is 0 Å². The molecule has 0 nitrogen and oxygen atoms in total. The standard InChI is InChI=1S/C26H34/c1-4-5-6-7-8-9-10-20-16-23-19(3)12-14-22-21-13-11-18(2)15-24(21)25(17-20)26(22)23/h11-15,20,25H,4-10,16-17H2,1-3H3. The van der Waals surface area contributed by atoms with E-state index in [4.69, 9.17) is 0 Å². The van der Waals surface area contributed by atoms with Crippen molar-refractivity contribution in [2.24, 2.45) is 5.92 Å². The van der Waals surface area contributed by atoms with Gasteiger partial charge in [-0.1, -0.05) is 87.8 Å². The second-order valence-corrected chi connectivity index (χ2v) is 8.83. The molecule has 26 heavy (non-hydrogen) atoms. The molecule has 2 aliphatic carbocycles. The van der Waals surface area contributed by atoms with Crippen LogP contribution in [0.5, 0.6) is 0 Å². The number of unbranched alkanes of at least 4 members (excludes halogenated alkanes) is 5. The quantitative estimate of drug-likeness (QED) is 0.450. The smallest absolute Gasteiger partial charge is 0.0107 e. The lowest BCUT2D eigenvalue weighted by atomic mass is 9.73. The maximum Gasteiger partial charge on any atom is 0.0107 e. The lowest BCUT2D eigenvalue weighted by molar-refractivity contribution is 0.385. The van der Waals surface area contributed by atoms with Crippen LogP contribution in [-0.2, 0) is 6.42 Å². The van der Waals surface area contributed by atoms with Gasteiger partial charge >= 0.3 is 0 Å². The molecule has 4 rings (SSSR count). The Balaban J connectivity index is 1.53. The summed E-state index contributed by atoms with van der Waals surface area (Å²) in [5.41, 5.74) is 11.0. The van der Waals surface area contributed by atoms with Crippen LogP contribution in [0.15, 0.2) is 30.3 Å². The molecule has 0 aromatic heterocycles. The highest BCUT2D eigenvalue weighted by atomic mass is 14.4. The average molecular weight is 347 g/mol. The first-order valence-electron chi connectivity index (χ1n) is 10.9. The van der Waals surface area contributed by atoms with Gasteiger partial charge in [-0.2, -0.15) is 0 Å². The Morgan fingerprint density at radius 1 is 0.885 bits per heavy atom. The van der Waals surface area contributed by atoms with Crippen LogP contribution >= 0.6 is 0 Å². The molecule has 2 aromatic carbocycles. The fraction of sp³-hybridized carbons (Fsp3) is 0.538. The van der Waals surface area contributed by atoms with Gasteiger partial charge in [-0.25, -0.2) is 0 Å². The second-order valence-electron chi connectivity index (χ2n) is 8.83. The summed E-state index contributed by atoms with van der Waals surface area (Å²) in [6.07, 6.45) is 12.6. The summed E-state index contributed by atoms with van der Waals surface area (Å²) >= 11 is 0. The van der Waals surface area contributed by atoms with Crippen molar-refractivity contribution >= 4 is 0 Å². The van der Waals surface area contributed by atoms with E-state index < -0.39 is 0 Å². The van der Waals surface area contributed by atoms with Crippen LogP contribution in [0.25, 0.3) is 11.1 Å². The lowest BCUT2D eigenvalue weighted by Crippen LogP contribution is -2.19. The van der Waals surface area contributed by atoms with Crippen molar-refractivity contribution in [3.63, 3.8) is 0 Å². The second kappa shape index (κ2) is 7.59. The van der Waals surface area contributed by atoms with E-state index in [2.05, 4.69) is 51.1 Å². The molecule has 2 aromatic rings. The van der Waals surface area contributed by atoms with Crippen LogP contribution in [-0.4, -0.2) is 0 Å². The van der Waals surface area contributed by atoms with E-state index in [1.54, 1.807) is 16.7 Å². The van der Waals surface area contributed by atoms with E-state index in [1.807, 2.05) is 0 Å². The van der Waals surface area contributed by atoms with Gasteiger partial charge in [0.25, 0.3) is 0 Å². The third-order valence-electron chi connectivity index (χ3n) is 6.84. The van der Waals surface area contributed by atoms with Crippen molar-refractivity contribution < 1.29 is 0 Å². The summed E-state index contributed by atoms with van der Waals surface area (Å²) in [7, 11) is 0. The molecule has 0 fully saturated rings. The number of hydrogen-bond donors (Lipinski definition) is 0. The van der Waals surface area contributed by atoms with Crippen molar-refractivity contribution in [3.05, 3.63) is 58.1 Å². The molecule has 0 saturated heterocycles. The maximum atomic E-state index is 2.46. The van der Waals surface area contributed by atoms with Crippen LogP contribution < -0.4 is 0 Å². The highest BCUT2D eigenvalue weighted by molar-refractivity contribution is 5.81. The van der Waals surface area contributed by atoms with E-state index in [0.717, 1.165) is 5.92 Å². The summed E-state index contributed by atoms with van der Waals surface area (Å²) in [5, 5.41) is 0. The first-order chi connectivity index (χ1) is 12.7. The molecule has 0 N–H and O–H groups in total. The molecule has 2 unspecified atom stereocenters. The molecule has 0 bridgehead atoms. The molecule has 0 heteroatoms. The SMILES string of the molecule is CCCCCCCCC1Cc2c(C)ccc3c2C(C1)c1cc(C)ccc1-3. The summed E-state index contributed by atoms with van der Waals surface area (Å²) in [6.45, 7) is 6.87. The van der Waals surface area contributed by atoms with Gasteiger partial charge in [0.15, 0.2) is 0 Å². The van der Waals surface area contributed by atoms with Gasteiger partial charge in [0.2, 0.25) is 0 Å². The zero-order valence-electron chi connectivity index (χ0n) is 16.9. The summed E-state index contributed by atoms with van der Waals surface area (Å²) in [4.78, 5) is 0. The Morgan fingerprint density at radius 3 is 2.50 bits per heavy atom. The molecule has 2 aliphatic rings. The van der Waals surface area contributed by atoms with Crippen LogP contribution in [0, 0.1) is 19.8 Å². The number of fused-ring (bicyclic) bond motifs is 3. The van der Waals surface area contributed by atoms with Gasteiger partial charge < -0.3 is 0 Å². The van der Waals surface area contributed by atoms with Crippen molar-refractivity contribution in [1.29, 1.82) is 0 Å². The zero-order valence-corrected chi connectivity index (χ0v) is 16.9. The monoisotopic (exact) mass is 346 g/mol. The average Bonchev–Trinajstić information content (AvgIpc) is 2.95. The summed E-state index contributed by atoms with van der Waals surface area (Å²) in [5.74, 6) is 1.53. The molecular formula is C26H34. The van der Waals surface area contributed by atoms with Gasteiger partial charge in [-0.05, 0) is 66.0 Å². The van der Waals surface area contributed by atoms with Crippen LogP contribution in [0.3, 0.4) is 0 Å². The Bertz CT molecular complexity index is 783. The van der Waals surface area contributed by atoms with Crippen LogP contribution in [0.1, 0.15) is 92.0 Å². The predicted molar refractivity (Wildman–Crippen MR) is 113 cm³/mol. The minimum Gasteiger partial charge on any atom is -0.0654 e. The first kappa shape index (κ1) is 17.8. The van der Waals surface area contributed by atoms with Crippen molar-refractivity contribution in [3.8, 4) is 11.1 Å². The maximum absolute atomic E-state index is 2.46. The largest absolute Gasteiger partial charge is 0.0654 e. The summed E-state index contributed by atoms with van der Waals surface area (Å²) < 4.78 is 0. The van der Waals surface area contributed by atoms with E-state index in [0.29, 0.717) is 5.92 Å². The third-order valence-corrected chi connectivity index (χ3v) is 6.84. The minimum atomic E-state index is 0.661. The van der Waals surface area contributed by atoms with Crippen LogP contribution in [0.4, 0.5) is 0 Å². The Labute approximate surface area is 160 Å². The fourth-order valence-electron chi connectivity index (χ4n) is 5.43. The highest BCUT2D eigenvalue weighted by Crippen LogP contribution is 2.53. The number of aryl methyl sites for hydroxylation is 2. The van der Waals surface area contributed by atoms with E-state index in [-0.39, 0.29) is 0 Å². The van der Waals surface area contributed by atoms with E-state index >= 15 is 0 Å². The minimum absolute atomic E-state index is 0.661. The van der Waals surface area contributed by atoms with Gasteiger partial charge in [-0.15, -0.1) is 0 Å². The van der Waals surface area contributed by atoms with Gasteiger partial charge in [0, 0.05) is 5.92 Å². The zero-order chi connectivity index (χ0) is 18.1. The molecule has 0 radical (unpaired) electrons. The predicted octanol–water partition coefficient (Wildman–Crippen LogP) is 7.73. The number of hydrogen-bond acceptors (Lipinski definition) is 0. The molecule has 0 saturated carbocycles. The van der Waals surface area contributed by atoms with Crippen molar-refractivity contribution in [2.75, 3.05) is 0 Å². The normalized spacial score (nSPS) is 20.1. The molecule has 2 atom stereocenters. The Hall–Kier alpha value is -1.56. The van der Waals surface area contributed by atoms with Gasteiger partial charge in [0.05, 0.1) is 0 Å². The first-order valence-corrected chi connectivity index (χ1v) is 10.9. The molecule has 0 aliphatic heterocycles. The van der Waals surface area contributed by atoms with Crippen molar-refractivity contribution in [2.45, 2.75) is 84.5 Å². The molecule has 0 amide bonds. The molecule has 0 spiro atoms. The molecule has 138 valence electrons. The van der Waals surface area contributed by atoms with Gasteiger partial charge in [-0.3, -0.25) is 0 Å². The lowest BCUT2D eigenvalue weighted by Gasteiger charge is -2.31. The van der Waals surface area contributed by atoms with E-state index in [9.17, 15) is 0 Å². The topological polar surface area (TPSA) is 0 Å². The number of rotatable bonds is 7.